The molecule has 8 nitrogen and oxygen atoms in total. The highest BCUT2D eigenvalue weighted by atomic mass is 35.5. The number of fused-ring (bicyclic) bond motifs is 2. The first kappa shape index (κ1) is 25.9. The summed E-state index contributed by atoms with van der Waals surface area (Å²) in [5, 5.41) is 22.0. The van der Waals surface area contributed by atoms with E-state index < -0.39 is 5.82 Å². The number of aliphatic imine (C=N–C) groups is 1. The molecular formula is C27H33ClFN5O3. The summed E-state index contributed by atoms with van der Waals surface area (Å²) in [5.41, 5.74) is 2.61. The van der Waals surface area contributed by atoms with Gasteiger partial charge in [-0.05, 0) is 58.6 Å². The van der Waals surface area contributed by atoms with Crippen LogP contribution in [0.3, 0.4) is 0 Å². The van der Waals surface area contributed by atoms with E-state index in [1.807, 2.05) is 6.92 Å². The van der Waals surface area contributed by atoms with Gasteiger partial charge in [-0.1, -0.05) is 11.6 Å². The summed E-state index contributed by atoms with van der Waals surface area (Å²) in [7, 11) is 0. The summed E-state index contributed by atoms with van der Waals surface area (Å²) in [6.45, 7) is 6.43. The molecule has 4 aliphatic rings. The van der Waals surface area contributed by atoms with Gasteiger partial charge in [0, 0.05) is 36.0 Å². The molecule has 3 fully saturated rings. The van der Waals surface area contributed by atoms with Crippen molar-refractivity contribution in [3.8, 4) is 5.75 Å². The number of piperidine rings is 1. The van der Waals surface area contributed by atoms with Gasteiger partial charge in [-0.3, -0.25) is 9.69 Å². The van der Waals surface area contributed by atoms with Crippen molar-refractivity contribution in [1.82, 2.24) is 15.1 Å². The van der Waals surface area contributed by atoms with Crippen LogP contribution in [-0.4, -0.2) is 76.2 Å². The van der Waals surface area contributed by atoms with Gasteiger partial charge >= 0.3 is 0 Å². The molecule has 4 heterocycles. The minimum Gasteiger partial charge on any atom is -0.489 e. The van der Waals surface area contributed by atoms with E-state index in [0.29, 0.717) is 46.5 Å². The van der Waals surface area contributed by atoms with Crippen LogP contribution in [-0.2, 0) is 0 Å². The second-order valence-corrected chi connectivity index (χ2v) is 10.9. The van der Waals surface area contributed by atoms with Crippen molar-refractivity contribution in [1.29, 1.82) is 5.41 Å². The summed E-state index contributed by atoms with van der Waals surface area (Å²) in [4.78, 5) is 22.0. The van der Waals surface area contributed by atoms with Crippen LogP contribution in [0.2, 0.25) is 0 Å². The van der Waals surface area contributed by atoms with Crippen LogP contribution >= 0.6 is 11.6 Å². The smallest absolute Gasteiger partial charge is 0.258 e. The van der Waals surface area contributed by atoms with Crippen LogP contribution in [0.25, 0.3) is 0 Å². The number of benzene rings is 1. The number of hydrogen-bond acceptors (Lipinski definition) is 7. The van der Waals surface area contributed by atoms with Crippen LogP contribution in [0, 0.1) is 11.2 Å². The molecule has 5 rings (SSSR count). The topological polar surface area (TPSA) is 101 Å². The van der Waals surface area contributed by atoms with E-state index in [4.69, 9.17) is 21.7 Å². The second-order valence-electron chi connectivity index (χ2n) is 10.5. The zero-order valence-corrected chi connectivity index (χ0v) is 22.1. The molecule has 4 aliphatic heterocycles. The zero-order chi connectivity index (χ0) is 26.4. The van der Waals surface area contributed by atoms with Gasteiger partial charge in [0.1, 0.15) is 23.5 Å². The zero-order valence-electron chi connectivity index (χ0n) is 21.4. The fourth-order valence-corrected chi connectivity index (χ4v) is 6.01. The standard InChI is InChI=1S/C27H33ClFN5O3/c1-14(35)11-34-18-5-6-19(34)10-20(9-18)37-24-8-17(29)4-7-21(24)27(36)33-12-22(23(30)13-33)26-31-15(2)25(28)16(3)32-26/h4,7-8,14,18-20,30-31,35H,5-6,9-13H2,1-3H3/b26-22+,30-23?/t14?,18-,19+,20+. The molecule has 0 saturated carbocycles. The number of ether oxygens (including phenoxy) is 1. The van der Waals surface area contributed by atoms with Gasteiger partial charge in [0.2, 0.25) is 0 Å². The Hall–Kier alpha value is -2.75. The fourth-order valence-electron chi connectivity index (χ4n) is 5.93. The number of halogens is 2. The van der Waals surface area contributed by atoms with Crippen molar-refractivity contribution >= 4 is 28.9 Å². The molecular weight excluding hydrogens is 497 g/mol. The van der Waals surface area contributed by atoms with Crippen molar-refractivity contribution in [3.05, 3.63) is 51.7 Å². The third-order valence-corrected chi connectivity index (χ3v) is 8.21. The summed E-state index contributed by atoms with van der Waals surface area (Å²) >= 11 is 6.23. The molecule has 0 aliphatic carbocycles. The highest BCUT2D eigenvalue weighted by Crippen LogP contribution is 2.38. The Kier molecular flexibility index (Phi) is 7.13. The van der Waals surface area contributed by atoms with Gasteiger partial charge < -0.3 is 25.5 Å². The third-order valence-electron chi connectivity index (χ3n) is 7.65. The molecule has 37 heavy (non-hydrogen) atoms. The lowest BCUT2D eigenvalue weighted by molar-refractivity contribution is 0.0215. The number of aliphatic hydroxyl groups excluding tert-OH is 1. The Bertz CT molecular complexity index is 1210. The minimum absolute atomic E-state index is 0.128. The number of hydrogen-bond donors (Lipinski definition) is 3. The van der Waals surface area contributed by atoms with E-state index in [9.17, 15) is 14.3 Å². The summed E-state index contributed by atoms with van der Waals surface area (Å²) in [6, 6.07) is 4.65. The highest BCUT2D eigenvalue weighted by molar-refractivity contribution is 6.43. The van der Waals surface area contributed by atoms with E-state index in [0.717, 1.165) is 31.4 Å². The van der Waals surface area contributed by atoms with E-state index in [1.54, 1.807) is 18.7 Å². The number of likely N-dealkylation sites (tertiary alicyclic amines) is 1. The molecule has 1 amide bonds. The monoisotopic (exact) mass is 529 g/mol. The van der Waals surface area contributed by atoms with Gasteiger partial charge in [0.15, 0.2) is 0 Å². The van der Waals surface area contributed by atoms with Crippen LogP contribution in [0.5, 0.6) is 5.75 Å². The fraction of sp³-hybridized carbons (Fsp3) is 0.519. The average Bonchev–Trinajstić information content (AvgIpc) is 3.32. The van der Waals surface area contributed by atoms with Crippen LogP contribution in [0.15, 0.2) is 45.3 Å². The van der Waals surface area contributed by atoms with Crippen LogP contribution in [0.4, 0.5) is 4.39 Å². The maximum atomic E-state index is 14.3. The predicted octanol–water partition coefficient (Wildman–Crippen LogP) is 3.80. The summed E-state index contributed by atoms with van der Waals surface area (Å²) in [5.74, 6) is -0.0176. The lowest BCUT2D eigenvalue weighted by Gasteiger charge is -2.39. The minimum atomic E-state index is -0.464. The molecule has 3 saturated heterocycles. The number of amides is 1. The first-order chi connectivity index (χ1) is 17.6. The lowest BCUT2D eigenvalue weighted by Crippen LogP contribution is -2.48. The largest absolute Gasteiger partial charge is 0.489 e. The molecule has 10 heteroatoms. The van der Waals surface area contributed by atoms with E-state index in [1.165, 1.54) is 18.2 Å². The molecule has 0 spiro atoms. The van der Waals surface area contributed by atoms with Crippen molar-refractivity contribution < 1.29 is 19.0 Å². The van der Waals surface area contributed by atoms with Crippen molar-refractivity contribution in [2.24, 2.45) is 4.99 Å². The molecule has 0 radical (unpaired) electrons. The first-order valence-electron chi connectivity index (χ1n) is 12.8. The Balaban J connectivity index is 1.33. The maximum Gasteiger partial charge on any atom is 0.258 e. The van der Waals surface area contributed by atoms with Gasteiger partial charge in [-0.25, -0.2) is 9.38 Å². The molecule has 1 aromatic carbocycles. The Morgan fingerprint density at radius 2 is 2.00 bits per heavy atom. The summed E-state index contributed by atoms with van der Waals surface area (Å²) < 4.78 is 20.6. The number of rotatable bonds is 5. The third kappa shape index (κ3) is 5.17. The molecule has 1 unspecified atom stereocenters. The molecule has 3 N–H and O–H groups in total. The highest BCUT2D eigenvalue weighted by Gasteiger charge is 2.42. The van der Waals surface area contributed by atoms with Gasteiger partial charge in [-0.2, -0.15) is 0 Å². The molecule has 0 aromatic heterocycles. The summed E-state index contributed by atoms with van der Waals surface area (Å²) in [6.07, 6.45) is 3.13. The lowest BCUT2D eigenvalue weighted by atomic mass is 9.99. The Morgan fingerprint density at radius 3 is 2.65 bits per heavy atom. The molecule has 1 aromatic rings. The normalized spacial score (nSPS) is 28.9. The quantitative estimate of drug-likeness (QED) is 0.538. The number of nitrogens with one attached hydrogen (secondary N) is 2. The van der Waals surface area contributed by atoms with Crippen molar-refractivity contribution in [2.45, 2.75) is 70.7 Å². The molecule has 198 valence electrons. The Labute approximate surface area is 221 Å². The van der Waals surface area contributed by atoms with Gasteiger partial charge in [0.25, 0.3) is 5.91 Å². The number of carbonyl (C=O) groups is 1. The van der Waals surface area contributed by atoms with E-state index in [-0.39, 0.29) is 42.5 Å². The second kappa shape index (κ2) is 10.2. The first-order valence-corrected chi connectivity index (χ1v) is 13.2. The van der Waals surface area contributed by atoms with Gasteiger partial charge in [-0.15, -0.1) is 0 Å². The Morgan fingerprint density at radius 1 is 1.30 bits per heavy atom. The van der Waals surface area contributed by atoms with E-state index >= 15 is 0 Å². The number of nitrogens with zero attached hydrogens (tertiary/aromatic N) is 3. The van der Waals surface area contributed by atoms with Crippen LogP contribution in [0.1, 0.15) is 56.8 Å². The van der Waals surface area contributed by atoms with Crippen molar-refractivity contribution in [3.63, 3.8) is 0 Å². The predicted molar refractivity (Wildman–Crippen MR) is 141 cm³/mol. The van der Waals surface area contributed by atoms with Crippen LogP contribution < -0.4 is 10.1 Å². The van der Waals surface area contributed by atoms with Crippen molar-refractivity contribution in [2.75, 3.05) is 19.6 Å². The van der Waals surface area contributed by atoms with E-state index in [2.05, 4.69) is 15.2 Å². The number of allylic oxidation sites excluding steroid dienone is 2. The molecule has 2 bridgehead atoms. The maximum absolute atomic E-state index is 14.3. The SMILES string of the molecule is CC1=N/C(=C2\CN(C(=O)c3ccc(F)cc3O[C@H]3C[C@H]4CC[C@@H](C3)N4CC(C)O)CC2=N)NC(C)=C1Cl. The van der Waals surface area contributed by atoms with Gasteiger partial charge in [0.05, 0.1) is 41.2 Å². The average molecular weight is 530 g/mol. The number of aliphatic hydroxyl groups is 1. The number of carbonyl (C=O) groups excluding carboxylic acids is 1. The molecule has 4 atom stereocenters.